The maximum Gasteiger partial charge on any atom is 0.220 e. The van der Waals surface area contributed by atoms with E-state index in [1.165, 1.54) is 0 Å². The first-order valence-corrected chi connectivity index (χ1v) is 5.54. The van der Waals surface area contributed by atoms with Gasteiger partial charge in [-0.2, -0.15) is 4.99 Å². The maximum atomic E-state index is 6.15. The van der Waals surface area contributed by atoms with Gasteiger partial charge in [-0.1, -0.05) is 23.7 Å². The number of hydrogen-bond donors (Lipinski definition) is 2. The number of aliphatic imine (C=N–C) groups is 2. The van der Waals surface area contributed by atoms with Crippen molar-refractivity contribution in [2.75, 3.05) is 4.90 Å². The summed E-state index contributed by atoms with van der Waals surface area (Å²) in [4.78, 5) is 9.98. The second-order valence-corrected chi connectivity index (χ2v) is 4.63. The van der Waals surface area contributed by atoms with Gasteiger partial charge in [0, 0.05) is 0 Å². The average Bonchev–Trinajstić information content (AvgIpc) is 2.18. The Morgan fingerprint density at radius 3 is 2.39 bits per heavy atom. The molecule has 0 aliphatic carbocycles. The zero-order valence-corrected chi connectivity index (χ0v) is 11.6. The van der Waals surface area contributed by atoms with Crippen molar-refractivity contribution < 1.29 is 12.4 Å². The fourth-order valence-electron chi connectivity index (χ4n) is 1.85. The molecule has 0 atom stereocenters. The molecule has 0 saturated heterocycles. The molecule has 1 aliphatic rings. The Balaban J connectivity index is 0.00000162. The highest BCUT2D eigenvalue weighted by molar-refractivity contribution is 6.34. The van der Waals surface area contributed by atoms with Crippen molar-refractivity contribution in [2.24, 2.45) is 21.5 Å². The summed E-state index contributed by atoms with van der Waals surface area (Å²) in [7, 11) is 0. The molecular weight excluding hydrogens is 273 g/mol. The third-order valence-corrected chi connectivity index (χ3v) is 2.81. The Bertz CT molecular complexity index is 510. The largest absolute Gasteiger partial charge is 1.00 e. The SMILES string of the molecule is CC1(C)N=C(N)N=C(N)N1c1ccccc1Cl.[Cl-]. The van der Waals surface area contributed by atoms with Crippen LogP contribution in [0.1, 0.15) is 13.8 Å². The lowest BCUT2D eigenvalue weighted by molar-refractivity contribution is -0.00000434. The van der Waals surface area contributed by atoms with Crippen LogP contribution in [0.2, 0.25) is 5.02 Å². The van der Waals surface area contributed by atoms with Crippen molar-refractivity contribution in [1.82, 2.24) is 0 Å². The Morgan fingerprint density at radius 2 is 1.83 bits per heavy atom. The predicted octanol–water partition coefficient (Wildman–Crippen LogP) is -1.47. The lowest BCUT2D eigenvalue weighted by atomic mass is 10.1. The molecule has 7 heteroatoms. The minimum absolute atomic E-state index is 0. The van der Waals surface area contributed by atoms with E-state index in [1.807, 2.05) is 32.0 Å². The number of nitrogens with zero attached hydrogens (tertiary/aromatic N) is 3. The Morgan fingerprint density at radius 1 is 1.22 bits per heavy atom. The van der Waals surface area contributed by atoms with Crippen molar-refractivity contribution in [1.29, 1.82) is 0 Å². The second-order valence-electron chi connectivity index (χ2n) is 4.22. The van der Waals surface area contributed by atoms with E-state index in [4.69, 9.17) is 23.1 Å². The van der Waals surface area contributed by atoms with Crippen LogP contribution in [0.3, 0.4) is 0 Å². The standard InChI is InChI=1S/C11H14ClN5.ClH/c1-11(2)16-9(13)15-10(14)17(11)8-6-4-3-5-7(8)12;/h3-6H,1-2H3,(H4,13,14,15,16);1H/p-1. The molecule has 0 radical (unpaired) electrons. The van der Waals surface area contributed by atoms with E-state index in [-0.39, 0.29) is 24.3 Å². The first kappa shape index (κ1) is 14.6. The van der Waals surface area contributed by atoms with Gasteiger partial charge in [-0.25, -0.2) is 4.99 Å². The van der Waals surface area contributed by atoms with Crippen molar-refractivity contribution in [3.05, 3.63) is 29.3 Å². The molecule has 98 valence electrons. The van der Waals surface area contributed by atoms with E-state index in [0.717, 1.165) is 5.69 Å². The zero-order valence-electron chi connectivity index (χ0n) is 10.1. The molecule has 0 aromatic heterocycles. The van der Waals surface area contributed by atoms with E-state index in [1.54, 1.807) is 11.0 Å². The molecule has 0 amide bonds. The molecule has 0 bridgehead atoms. The molecule has 0 saturated carbocycles. The van der Waals surface area contributed by atoms with Gasteiger partial charge in [0.1, 0.15) is 5.66 Å². The van der Waals surface area contributed by atoms with Gasteiger partial charge in [0.2, 0.25) is 11.9 Å². The van der Waals surface area contributed by atoms with E-state index < -0.39 is 5.66 Å². The smallest absolute Gasteiger partial charge is 0.220 e. The van der Waals surface area contributed by atoms with Crippen LogP contribution in [-0.2, 0) is 0 Å². The topological polar surface area (TPSA) is 80.0 Å². The summed E-state index contributed by atoms with van der Waals surface area (Å²) in [6.07, 6.45) is 0. The Kier molecular flexibility index (Phi) is 4.09. The van der Waals surface area contributed by atoms with Crippen LogP contribution in [0, 0.1) is 0 Å². The minimum Gasteiger partial charge on any atom is -1.00 e. The quantitative estimate of drug-likeness (QED) is 0.662. The van der Waals surface area contributed by atoms with E-state index in [0.29, 0.717) is 5.02 Å². The molecule has 1 aliphatic heterocycles. The number of benzene rings is 1. The fraction of sp³-hybridized carbons (Fsp3) is 0.273. The van der Waals surface area contributed by atoms with Crippen LogP contribution in [-0.4, -0.2) is 17.6 Å². The lowest BCUT2D eigenvalue weighted by Crippen LogP contribution is -3.00. The number of para-hydroxylation sites is 1. The van der Waals surface area contributed by atoms with Crippen LogP contribution in [0.25, 0.3) is 0 Å². The first-order chi connectivity index (χ1) is 7.92. The lowest BCUT2D eigenvalue weighted by Gasteiger charge is -2.38. The van der Waals surface area contributed by atoms with Crippen LogP contribution >= 0.6 is 11.6 Å². The number of halogens is 2. The molecular formula is C11H14Cl2N5-. The molecule has 4 N–H and O–H groups in total. The maximum absolute atomic E-state index is 6.15. The second kappa shape index (κ2) is 5.04. The molecule has 5 nitrogen and oxygen atoms in total. The first-order valence-electron chi connectivity index (χ1n) is 5.16. The van der Waals surface area contributed by atoms with Crippen LogP contribution < -0.4 is 28.8 Å². The normalized spacial score (nSPS) is 17.6. The van der Waals surface area contributed by atoms with Crippen LogP contribution in [0.15, 0.2) is 34.3 Å². The van der Waals surface area contributed by atoms with E-state index >= 15 is 0 Å². The van der Waals surface area contributed by atoms with Gasteiger partial charge in [-0.15, -0.1) is 0 Å². The monoisotopic (exact) mass is 286 g/mol. The van der Waals surface area contributed by atoms with Gasteiger partial charge >= 0.3 is 0 Å². The number of rotatable bonds is 1. The molecule has 2 rings (SSSR count). The summed E-state index contributed by atoms with van der Waals surface area (Å²) in [5, 5.41) is 0.592. The molecule has 1 heterocycles. The molecule has 18 heavy (non-hydrogen) atoms. The summed E-state index contributed by atoms with van der Waals surface area (Å²) in [5.74, 6) is 0.464. The molecule has 1 aromatic carbocycles. The molecule has 0 fully saturated rings. The van der Waals surface area contributed by atoms with E-state index in [9.17, 15) is 0 Å². The molecule has 1 aromatic rings. The van der Waals surface area contributed by atoms with Crippen molar-refractivity contribution in [3.8, 4) is 0 Å². The highest BCUT2D eigenvalue weighted by atomic mass is 35.5. The molecule has 0 spiro atoms. The Labute approximate surface area is 117 Å². The zero-order chi connectivity index (χ0) is 12.6. The van der Waals surface area contributed by atoms with E-state index in [2.05, 4.69) is 9.98 Å². The minimum atomic E-state index is -0.610. The van der Waals surface area contributed by atoms with Gasteiger partial charge < -0.3 is 23.9 Å². The fourth-order valence-corrected chi connectivity index (χ4v) is 2.07. The van der Waals surface area contributed by atoms with Gasteiger partial charge in [-0.05, 0) is 26.0 Å². The predicted molar refractivity (Wildman–Crippen MR) is 71.3 cm³/mol. The summed E-state index contributed by atoms with van der Waals surface area (Å²) in [6.45, 7) is 3.79. The van der Waals surface area contributed by atoms with Crippen molar-refractivity contribution in [2.45, 2.75) is 19.5 Å². The van der Waals surface area contributed by atoms with Gasteiger partial charge in [0.05, 0.1) is 10.7 Å². The third kappa shape index (κ3) is 2.52. The van der Waals surface area contributed by atoms with Crippen molar-refractivity contribution in [3.63, 3.8) is 0 Å². The number of guanidine groups is 2. The van der Waals surface area contributed by atoms with Crippen LogP contribution in [0.5, 0.6) is 0 Å². The average molecular weight is 287 g/mol. The van der Waals surface area contributed by atoms with Gasteiger partial charge in [0.15, 0.2) is 0 Å². The number of hydrogen-bond acceptors (Lipinski definition) is 5. The number of nitrogens with two attached hydrogens (primary N) is 2. The van der Waals surface area contributed by atoms with Gasteiger partial charge in [0.25, 0.3) is 0 Å². The number of anilines is 1. The highest BCUT2D eigenvalue weighted by Gasteiger charge is 2.33. The highest BCUT2D eigenvalue weighted by Crippen LogP contribution is 2.32. The Hall–Kier alpha value is -1.46. The third-order valence-electron chi connectivity index (χ3n) is 2.49. The van der Waals surface area contributed by atoms with Crippen LogP contribution in [0.4, 0.5) is 5.69 Å². The summed E-state index contributed by atoms with van der Waals surface area (Å²) < 4.78 is 0. The van der Waals surface area contributed by atoms with Gasteiger partial charge in [-0.3, -0.25) is 4.90 Å². The molecule has 0 unspecified atom stereocenters. The van der Waals surface area contributed by atoms with Crippen molar-refractivity contribution >= 4 is 29.2 Å². The summed E-state index contributed by atoms with van der Waals surface area (Å²) >= 11 is 6.15. The summed E-state index contributed by atoms with van der Waals surface area (Å²) in [5.41, 5.74) is 11.7. The summed E-state index contributed by atoms with van der Waals surface area (Å²) in [6, 6.07) is 7.39.